The van der Waals surface area contributed by atoms with Gasteiger partial charge in [-0.15, -0.1) is 0 Å². The summed E-state index contributed by atoms with van der Waals surface area (Å²) in [6.45, 7) is 1.01. The molecule has 386 valence electrons. The van der Waals surface area contributed by atoms with Gasteiger partial charge in [0, 0.05) is 55.4 Å². The summed E-state index contributed by atoms with van der Waals surface area (Å²) in [4.78, 5) is 35.8. The second-order valence-corrected chi connectivity index (χ2v) is 20.2. The summed E-state index contributed by atoms with van der Waals surface area (Å²) in [6, 6.07) is 62.8. The number of H-pyrrole nitrogens is 4. The Kier molecular flexibility index (Phi) is 12.8. The molecule has 4 aliphatic heterocycles. The third-order valence-corrected chi connectivity index (χ3v) is 14.8. The molecular weight excluding hydrogens is 985 g/mol. The summed E-state index contributed by atoms with van der Waals surface area (Å²) in [7, 11) is 0. The number of nitrogens with one attached hydrogen (secondary N) is 4. The molecule has 4 aliphatic rings. The lowest BCUT2D eigenvalue weighted by Gasteiger charge is -2.09. The van der Waals surface area contributed by atoms with Crippen molar-refractivity contribution < 1.29 is 9.47 Å². The highest BCUT2D eigenvalue weighted by Gasteiger charge is 2.19. The van der Waals surface area contributed by atoms with Gasteiger partial charge >= 0.3 is 0 Å². The van der Waals surface area contributed by atoms with Crippen LogP contribution >= 0.6 is 0 Å². The molecule has 0 fully saturated rings. The molecule has 6 aromatic heterocycles. The minimum atomic E-state index is 0.504. The van der Waals surface area contributed by atoms with Crippen molar-refractivity contribution in [1.82, 2.24) is 39.9 Å². The number of unbranched alkanes of at least 4 members (excludes halogenated alkanes) is 3. The van der Waals surface area contributed by atoms with Crippen LogP contribution in [0.5, 0.6) is 11.5 Å². The standard InChI is InChI=1S/C70H54N8O2/c1(15-41-79-69-61-37-33-57(75-61)65(45-17-7-3-8-18-45)53-29-25-49(71-53)43-50-26-30-54(72-50)66(46-19-9-4-10-20-46)58-34-38-62(69)76-58)2-16-42-80-70-63-39-35-59(77-63)67(47-21-11-5-12-22-47)55-31-27-51(73-55)44-52-28-32-56(74-52)68(48-23-13-6-14-24-48)60-36-40-64(70)78-60/h3-14,17-40,43-44,71,73,76,78H,1-2,15-16,41-42H2. The van der Waals surface area contributed by atoms with E-state index >= 15 is 0 Å². The SMILES string of the molecule is C1=Cc2nc1cc1ccc([nH]1)c(-c1ccccc1)c1nc(c(OCCCCCCOc3c4nc(c(-c5ccccc5)c5ccc(cc6nc(c(-c7ccccc7)c7ccc3[nH]7)C=C6)[nH]5)C=C4)c3ccc([nH]3)c2-c2ccccc2)C=C1. The maximum absolute atomic E-state index is 6.87. The van der Waals surface area contributed by atoms with Crippen LogP contribution in [0.2, 0.25) is 0 Å². The second kappa shape index (κ2) is 21.2. The van der Waals surface area contributed by atoms with E-state index in [0.29, 0.717) is 24.7 Å². The third kappa shape index (κ3) is 9.64. The summed E-state index contributed by atoms with van der Waals surface area (Å²) >= 11 is 0. The van der Waals surface area contributed by atoms with E-state index in [2.05, 4.69) is 226 Å². The molecule has 0 spiro atoms. The molecule has 0 saturated carbocycles. The monoisotopic (exact) mass is 1040 g/mol. The Bertz CT molecular complexity index is 4110. The molecule has 4 aromatic carbocycles. The molecule has 0 saturated heterocycles. The number of hydrogen-bond donors (Lipinski definition) is 4. The molecule has 10 aromatic rings. The van der Waals surface area contributed by atoms with Crippen molar-refractivity contribution in [3.63, 3.8) is 0 Å². The van der Waals surface area contributed by atoms with Gasteiger partial charge in [-0.1, -0.05) is 121 Å². The van der Waals surface area contributed by atoms with Crippen molar-refractivity contribution in [1.29, 1.82) is 0 Å². The highest BCUT2D eigenvalue weighted by Crippen LogP contribution is 2.38. The van der Waals surface area contributed by atoms with Gasteiger partial charge in [0.25, 0.3) is 0 Å². The molecule has 0 unspecified atom stereocenters. The summed E-state index contributed by atoms with van der Waals surface area (Å²) in [5.41, 5.74) is 22.4. The predicted molar refractivity (Wildman–Crippen MR) is 329 cm³/mol. The van der Waals surface area contributed by atoms with E-state index < -0.39 is 0 Å². The van der Waals surface area contributed by atoms with Crippen LogP contribution in [0.4, 0.5) is 0 Å². The molecule has 10 heterocycles. The van der Waals surface area contributed by atoms with Gasteiger partial charge in [0.15, 0.2) is 11.5 Å². The highest BCUT2D eigenvalue weighted by atomic mass is 16.5. The van der Waals surface area contributed by atoms with Crippen LogP contribution in [0.15, 0.2) is 182 Å². The van der Waals surface area contributed by atoms with Gasteiger partial charge in [0.05, 0.1) is 58.4 Å². The van der Waals surface area contributed by atoms with Gasteiger partial charge in [-0.3, -0.25) is 0 Å². The number of ether oxygens (including phenoxy) is 2. The summed E-state index contributed by atoms with van der Waals surface area (Å²) < 4.78 is 13.7. The molecule has 0 atom stereocenters. The smallest absolute Gasteiger partial charge is 0.168 e. The number of nitrogens with zero attached hydrogens (tertiary/aromatic N) is 4. The number of aromatic amines is 4. The Balaban J connectivity index is 0.775. The quantitative estimate of drug-likeness (QED) is 0.0850. The Labute approximate surface area is 462 Å². The summed E-state index contributed by atoms with van der Waals surface area (Å²) in [5, 5.41) is 0. The van der Waals surface area contributed by atoms with Crippen LogP contribution in [-0.4, -0.2) is 53.1 Å². The molecule has 10 heteroatoms. The van der Waals surface area contributed by atoms with Crippen molar-refractivity contribution in [3.8, 4) is 56.0 Å². The lowest BCUT2D eigenvalue weighted by Crippen LogP contribution is -2.02. The first kappa shape index (κ1) is 48.1. The minimum absolute atomic E-state index is 0.504. The Morgan fingerprint density at radius 3 is 0.975 bits per heavy atom. The van der Waals surface area contributed by atoms with E-state index in [9.17, 15) is 0 Å². The first-order valence-corrected chi connectivity index (χ1v) is 27.4. The normalized spacial score (nSPS) is 12.3. The molecule has 0 radical (unpaired) electrons. The van der Waals surface area contributed by atoms with Crippen LogP contribution < -0.4 is 9.47 Å². The van der Waals surface area contributed by atoms with Crippen LogP contribution in [-0.2, 0) is 0 Å². The fraction of sp³-hybridized carbons (Fsp3) is 0.0857. The molecule has 14 rings (SSSR count). The predicted octanol–water partition coefficient (Wildman–Crippen LogP) is 17.3. The van der Waals surface area contributed by atoms with E-state index in [1.54, 1.807) is 0 Å². The van der Waals surface area contributed by atoms with E-state index in [4.69, 9.17) is 29.4 Å². The second-order valence-electron chi connectivity index (χ2n) is 20.2. The maximum Gasteiger partial charge on any atom is 0.168 e. The fourth-order valence-electron chi connectivity index (χ4n) is 11.1. The first-order valence-electron chi connectivity index (χ1n) is 27.4. The maximum atomic E-state index is 6.87. The fourth-order valence-corrected chi connectivity index (χ4v) is 11.1. The minimum Gasteiger partial charge on any atom is -0.489 e. The van der Waals surface area contributed by atoms with Crippen LogP contribution in [0.3, 0.4) is 0 Å². The van der Waals surface area contributed by atoms with E-state index in [1.807, 2.05) is 24.3 Å². The van der Waals surface area contributed by atoms with Crippen molar-refractivity contribution in [3.05, 3.63) is 228 Å². The van der Waals surface area contributed by atoms with Gasteiger partial charge in [-0.25, -0.2) is 19.9 Å². The van der Waals surface area contributed by atoms with E-state index in [1.165, 1.54) is 0 Å². The highest BCUT2D eigenvalue weighted by molar-refractivity contribution is 5.97. The van der Waals surface area contributed by atoms with Crippen molar-refractivity contribution in [2.75, 3.05) is 13.2 Å². The summed E-state index contributed by atoms with van der Waals surface area (Å²) in [6.07, 6.45) is 20.2. The molecule has 0 aliphatic carbocycles. The van der Waals surface area contributed by atoms with Gasteiger partial charge in [-0.2, -0.15) is 0 Å². The van der Waals surface area contributed by atoms with Crippen LogP contribution in [0, 0.1) is 0 Å². The zero-order valence-electron chi connectivity index (χ0n) is 43.8. The largest absolute Gasteiger partial charge is 0.489 e. The molecule has 0 amide bonds. The summed E-state index contributed by atoms with van der Waals surface area (Å²) in [5.74, 6) is 1.39. The topological polar surface area (TPSA) is 133 Å². The van der Waals surface area contributed by atoms with Gasteiger partial charge < -0.3 is 29.4 Å². The van der Waals surface area contributed by atoms with E-state index in [-0.39, 0.29) is 0 Å². The third-order valence-electron chi connectivity index (χ3n) is 14.8. The molecule has 4 N–H and O–H groups in total. The number of benzene rings is 4. The van der Waals surface area contributed by atoms with Crippen LogP contribution in [0.25, 0.3) is 137 Å². The zero-order valence-corrected chi connectivity index (χ0v) is 43.8. The molecular formula is C70H54N8O2. The lowest BCUT2D eigenvalue weighted by molar-refractivity contribution is 0.289. The van der Waals surface area contributed by atoms with Crippen molar-refractivity contribution >= 4 is 92.7 Å². The van der Waals surface area contributed by atoms with Crippen molar-refractivity contribution in [2.45, 2.75) is 25.7 Å². The molecule has 16 bridgehead atoms. The molecule has 80 heavy (non-hydrogen) atoms. The Hall–Kier alpha value is -10.3. The van der Waals surface area contributed by atoms with Gasteiger partial charge in [-0.05, 0) is 157 Å². The number of fused-ring (bicyclic) bond motifs is 16. The zero-order chi connectivity index (χ0) is 53.2. The lowest BCUT2D eigenvalue weighted by atomic mass is 10.0. The first-order chi connectivity index (χ1) is 39.6. The van der Waals surface area contributed by atoms with E-state index in [0.717, 1.165) is 160 Å². The Morgan fingerprint density at radius 2 is 0.588 bits per heavy atom. The number of hydrogen-bond acceptors (Lipinski definition) is 6. The molecule has 10 nitrogen and oxygen atoms in total. The Morgan fingerprint density at radius 1 is 0.275 bits per heavy atom. The van der Waals surface area contributed by atoms with Gasteiger partial charge in [0.1, 0.15) is 11.4 Å². The van der Waals surface area contributed by atoms with Crippen molar-refractivity contribution in [2.24, 2.45) is 0 Å². The number of rotatable bonds is 13. The average molecular weight is 1040 g/mol. The van der Waals surface area contributed by atoms with Gasteiger partial charge in [0.2, 0.25) is 0 Å². The average Bonchev–Trinajstić information content (AvgIpc) is 4.40. The number of aromatic nitrogens is 8. The van der Waals surface area contributed by atoms with Crippen LogP contribution in [0.1, 0.15) is 71.2 Å².